The molecule has 0 amide bonds. The lowest BCUT2D eigenvalue weighted by Crippen LogP contribution is -2.01. The molecule has 5 heterocycles. The molecule has 0 aliphatic carbocycles. The number of benzene rings is 4. The predicted molar refractivity (Wildman–Crippen MR) is 237 cm³/mol. The van der Waals surface area contributed by atoms with Crippen LogP contribution >= 0.6 is 0 Å². The molecule has 4 aromatic carbocycles. The fourth-order valence-electron chi connectivity index (χ4n) is 7.71. The summed E-state index contributed by atoms with van der Waals surface area (Å²) in [6.45, 7) is 6.63. The number of carboxylic acid groups (broad SMARTS) is 1. The van der Waals surface area contributed by atoms with Crippen LogP contribution in [0.4, 0.5) is 0 Å². The Hall–Kier alpha value is -7.25. The molecule has 2 aliphatic rings. The van der Waals surface area contributed by atoms with Crippen LogP contribution in [0.3, 0.4) is 0 Å². The molecule has 0 unspecified atom stereocenters. The molecule has 58 heavy (non-hydrogen) atoms. The van der Waals surface area contributed by atoms with Gasteiger partial charge in [-0.3, -0.25) is 4.79 Å². The van der Waals surface area contributed by atoms with E-state index in [9.17, 15) is 4.79 Å². The second-order valence-electron chi connectivity index (χ2n) is 15.0. The van der Waals surface area contributed by atoms with Gasteiger partial charge in [0, 0.05) is 50.7 Å². The zero-order valence-electron chi connectivity index (χ0n) is 32.6. The van der Waals surface area contributed by atoms with E-state index in [0.717, 1.165) is 89.4 Å². The van der Waals surface area contributed by atoms with Gasteiger partial charge in [0.1, 0.15) is 5.75 Å². The molecule has 7 nitrogen and oxygen atoms in total. The molecular weight excluding hydrogens is 717 g/mol. The summed E-state index contributed by atoms with van der Waals surface area (Å²) in [5.41, 5.74) is 18.8. The first-order valence-electron chi connectivity index (χ1n) is 19.6. The number of fused-ring (bicyclic) bond motifs is 8. The van der Waals surface area contributed by atoms with E-state index < -0.39 is 5.97 Å². The van der Waals surface area contributed by atoms with E-state index in [1.54, 1.807) is 0 Å². The number of aryl methyl sites for hydroxylation is 3. The van der Waals surface area contributed by atoms with Crippen molar-refractivity contribution < 1.29 is 14.6 Å². The monoisotopic (exact) mass is 758 g/mol. The summed E-state index contributed by atoms with van der Waals surface area (Å²) >= 11 is 0. The van der Waals surface area contributed by atoms with Crippen molar-refractivity contribution >= 4 is 52.3 Å². The third-order valence-corrected chi connectivity index (χ3v) is 10.7. The minimum atomic E-state index is -0.829. The summed E-state index contributed by atoms with van der Waals surface area (Å²) in [4.78, 5) is 29.5. The number of nitrogens with zero attached hydrogens (tertiary/aromatic N) is 2. The van der Waals surface area contributed by atoms with Crippen molar-refractivity contribution in [1.29, 1.82) is 0 Å². The second-order valence-corrected chi connectivity index (χ2v) is 15.0. The Kier molecular flexibility index (Phi) is 9.63. The number of H-pyrrole nitrogens is 2. The van der Waals surface area contributed by atoms with Gasteiger partial charge in [0.2, 0.25) is 0 Å². The number of hydrogen-bond donors (Lipinski definition) is 3. The number of aliphatic carboxylic acids is 1. The molecule has 9 rings (SSSR count). The Labute approximate surface area is 337 Å². The van der Waals surface area contributed by atoms with Crippen molar-refractivity contribution in [3.05, 3.63) is 161 Å². The first kappa shape index (κ1) is 36.4. The molecule has 7 aromatic rings. The zero-order valence-corrected chi connectivity index (χ0v) is 32.6. The van der Waals surface area contributed by atoms with Crippen LogP contribution in [0.25, 0.3) is 90.9 Å². The van der Waals surface area contributed by atoms with Gasteiger partial charge in [-0.05, 0) is 110 Å². The molecule has 3 aromatic heterocycles. The highest BCUT2D eigenvalue weighted by Gasteiger charge is 2.19. The predicted octanol–water partition coefficient (Wildman–Crippen LogP) is 12.5. The minimum Gasteiger partial charge on any atom is -0.494 e. The number of hydrogen-bond acceptors (Lipinski definition) is 4. The highest BCUT2D eigenvalue weighted by molar-refractivity contribution is 5.99. The van der Waals surface area contributed by atoms with Crippen LogP contribution in [-0.4, -0.2) is 37.6 Å². The summed E-state index contributed by atoms with van der Waals surface area (Å²) in [5.74, 6) is -0.150. The van der Waals surface area contributed by atoms with Crippen LogP contribution in [0.2, 0.25) is 0 Å². The summed E-state index contributed by atoms with van der Waals surface area (Å²) < 4.78 is 5.91. The third kappa shape index (κ3) is 7.26. The van der Waals surface area contributed by atoms with Gasteiger partial charge in [0.15, 0.2) is 0 Å². The van der Waals surface area contributed by atoms with Gasteiger partial charge in [-0.25, -0.2) is 9.97 Å². The van der Waals surface area contributed by atoms with Crippen LogP contribution in [0.5, 0.6) is 5.75 Å². The number of carboxylic acids is 1. The lowest BCUT2D eigenvalue weighted by atomic mass is 10.0. The van der Waals surface area contributed by atoms with Crippen molar-refractivity contribution in [2.45, 2.75) is 33.6 Å². The minimum absolute atomic E-state index is 0.0663. The van der Waals surface area contributed by atoms with Crippen molar-refractivity contribution in [2.24, 2.45) is 0 Å². The lowest BCUT2D eigenvalue weighted by Gasteiger charge is -2.09. The number of nitrogens with one attached hydrogen (secondary N) is 2. The van der Waals surface area contributed by atoms with Crippen LogP contribution < -0.4 is 4.74 Å². The van der Waals surface area contributed by atoms with Gasteiger partial charge >= 0.3 is 5.97 Å². The molecule has 7 heteroatoms. The quantitative estimate of drug-likeness (QED) is 0.127. The molecule has 3 N–H and O–H groups in total. The maximum atomic E-state index is 11.0. The van der Waals surface area contributed by atoms with Gasteiger partial charge < -0.3 is 19.8 Å². The maximum Gasteiger partial charge on any atom is 0.303 e. The average molecular weight is 759 g/mol. The van der Waals surface area contributed by atoms with E-state index in [4.69, 9.17) is 19.8 Å². The van der Waals surface area contributed by atoms with E-state index in [2.05, 4.69) is 152 Å². The number of aromatic amines is 2. The molecule has 8 bridgehead atoms. The highest BCUT2D eigenvalue weighted by atomic mass is 16.5. The van der Waals surface area contributed by atoms with Crippen LogP contribution in [0, 0.1) is 20.8 Å². The zero-order chi connectivity index (χ0) is 39.8. The van der Waals surface area contributed by atoms with Crippen molar-refractivity contribution in [3.8, 4) is 50.3 Å². The fraction of sp³-hybridized carbons (Fsp3) is 0.118. The Balaban J connectivity index is 1.36. The molecule has 0 spiro atoms. The molecule has 0 saturated carbocycles. The van der Waals surface area contributed by atoms with Crippen molar-refractivity contribution in [3.63, 3.8) is 0 Å². The molecule has 0 fully saturated rings. The van der Waals surface area contributed by atoms with Gasteiger partial charge in [-0.1, -0.05) is 102 Å². The molecule has 2 aliphatic heterocycles. The van der Waals surface area contributed by atoms with Gasteiger partial charge in [0.05, 0.1) is 29.4 Å². The Bertz CT molecular complexity index is 2870. The Morgan fingerprint density at radius 2 is 0.793 bits per heavy atom. The standard InChI is InChI=1S/C51H42N4O3/c1-31-6-12-34(13-7-31)48-39-22-24-41(52-39)49(35-14-8-32(2)9-15-35)43-26-28-45(54-43)51(37-18-20-38(21-19-37)58-30-4-5-47(56)57)46-29-27-44(55-46)50(42-25-23-40(48)53-42)36-16-10-33(3)11-17-36/h6-29,52,55H,4-5,30H2,1-3H3,(H,56,57). The van der Waals surface area contributed by atoms with Crippen molar-refractivity contribution in [1.82, 2.24) is 19.9 Å². The number of ether oxygens (including phenoxy) is 1. The van der Waals surface area contributed by atoms with Gasteiger partial charge in [-0.15, -0.1) is 0 Å². The fourth-order valence-corrected chi connectivity index (χ4v) is 7.71. The van der Waals surface area contributed by atoms with Crippen molar-refractivity contribution in [2.75, 3.05) is 6.61 Å². The van der Waals surface area contributed by atoms with E-state index in [0.29, 0.717) is 18.8 Å². The summed E-state index contributed by atoms with van der Waals surface area (Å²) in [6, 6.07) is 42.3. The Morgan fingerprint density at radius 3 is 1.10 bits per heavy atom. The molecule has 0 atom stereocenters. The number of carbonyl (C=O) groups is 1. The number of aromatic nitrogens is 4. The molecule has 0 saturated heterocycles. The molecule has 284 valence electrons. The SMILES string of the molecule is Cc1ccc(-c2c3nc(c(-c4ccc(C)cc4)c4ccc([nH]4)c(-c4ccc(OCCCC(=O)O)cc4)c4nc(c(-c5ccc(C)cc5)c5ccc2[nH]5)C=C4)C=C3)cc1. The molecular formula is C51H42N4O3. The van der Waals surface area contributed by atoms with Gasteiger partial charge in [-0.2, -0.15) is 0 Å². The lowest BCUT2D eigenvalue weighted by molar-refractivity contribution is -0.137. The topological polar surface area (TPSA) is 104 Å². The smallest absolute Gasteiger partial charge is 0.303 e. The highest BCUT2D eigenvalue weighted by Crippen LogP contribution is 2.39. The largest absolute Gasteiger partial charge is 0.494 e. The normalized spacial score (nSPS) is 11.9. The maximum absolute atomic E-state index is 11.0. The van der Waals surface area contributed by atoms with E-state index in [1.165, 1.54) is 16.7 Å². The molecule has 0 radical (unpaired) electrons. The van der Waals surface area contributed by atoms with Crippen LogP contribution in [0.15, 0.2) is 121 Å². The Morgan fingerprint density at radius 1 is 0.483 bits per heavy atom. The van der Waals surface area contributed by atoms with Crippen LogP contribution in [-0.2, 0) is 4.79 Å². The third-order valence-electron chi connectivity index (χ3n) is 10.7. The number of rotatable bonds is 9. The summed E-state index contributed by atoms with van der Waals surface area (Å²) in [7, 11) is 0. The second kappa shape index (κ2) is 15.4. The van der Waals surface area contributed by atoms with Gasteiger partial charge in [0.25, 0.3) is 0 Å². The van der Waals surface area contributed by atoms with E-state index in [-0.39, 0.29) is 6.42 Å². The van der Waals surface area contributed by atoms with E-state index >= 15 is 0 Å². The first-order chi connectivity index (χ1) is 28.3. The first-order valence-corrected chi connectivity index (χ1v) is 19.6. The van der Waals surface area contributed by atoms with E-state index in [1.807, 2.05) is 24.3 Å². The van der Waals surface area contributed by atoms with Crippen LogP contribution in [0.1, 0.15) is 52.3 Å². The average Bonchev–Trinajstić information content (AvgIpc) is 4.07. The summed E-state index contributed by atoms with van der Waals surface area (Å²) in [5, 5.41) is 9.05. The summed E-state index contributed by atoms with van der Waals surface area (Å²) in [6.07, 6.45) is 8.95.